The van der Waals surface area contributed by atoms with Crippen LogP contribution >= 0.6 is 0 Å². The average molecular weight is 235 g/mol. The molecule has 1 aromatic carbocycles. The highest BCUT2D eigenvalue weighted by Crippen LogP contribution is 2.36. The van der Waals surface area contributed by atoms with E-state index < -0.39 is 18.0 Å². The topological polar surface area (TPSA) is 55.5 Å². The summed E-state index contributed by atoms with van der Waals surface area (Å²) in [6.45, 7) is 2.09. The maximum absolute atomic E-state index is 12.3. The number of alkyl halides is 3. The molecule has 0 aromatic heterocycles. The van der Waals surface area contributed by atoms with Crippen LogP contribution in [-0.2, 0) is 0 Å². The molecule has 16 heavy (non-hydrogen) atoms. The number of hydrogen-bond donors (Lipinski definition) is 2. The molecule has 1 rings (SSSR count). The van der Waals surface area contributed by atoms with Crippen LogP contribution in [0.3, 0.4) is 0 Å². The van der Waals surface area contributed by atoms with Gasteiger partial charge in [0.25, 0.3) is 0 Å². The Kier molecular flexibility index (Phi) is 3.64. The minimum Gasteiger partial charge on any atom is -0.507 e. The molecule has 1 atom stereocenters. The standard InChI is InChI=1S/C10H12F3NO2/c1-2-16-6-3-4-7(8(15)5-6)9(14)10(11,12)13/h3-5,9,15H,2,14H2,1H3/t9-/m1/s1. The lowest BCUT2D eigenvalue weighted by Crippen LogP contribution is -2.28. The zero-order valence-corrected chi connectivity index (χ0v) is 8.58. The molecule has 0 aliphatic heterocycles. The molecular weight excluding hydrogens is 223 g/mol. The van der Waals surface area contributed by atoms with Crippen LogP contribution in [0, 0.1) is 0 Å². The second kappa shape index (κ2) is 4.61. The number of phenolic OH excluding ortho intramolecular Hbond substituents is 1. The van der Waals surface area contributed by atoms with E-state index in [1.165, 1.54) is 6.07 Å². The first-order valence-corrected chi connectivity index (χ1v) is 4.64. The second-order valence-corrected chi connectivity index (χ2v) is 3.17. The fourth-order valence-electron chi connectivity index (χ4n) is 1.22. The summed E-state index contributed by atoms with van der Waals surface area (Å²) in [7, 11) is 0. The Morgan fingerprint density at radius 2 is 2.06 bits per heavy atom. The number of phenols is 1. The van der Waals surface area contributed by atoms with Crippen LogP contribution in [0.5, 0.6) is 11.5 Å². The van der Waals surface area contributed by atoms with Crippen molar-refractivity contribution in [2.45, 2.75) is 19.1 Å². The number of ether oxygens (including phenoxy) is 1. The van der Waals surface area contributed by atoms with Crippen LogP contribution < -0.4 is 10.5 Å². The van der Waals surface area contributed by atoms with E-state index in [9.17, 15) is 18.3 Å². The van der Waals surface area contributed by atoms with Gasteiger partial charge in [-0.15, -0.1) is 0 Å². The molecule has 90 valence electrons. The SMILES string of the molecule is CCOc1ccc([C@@H](N)C(F)(F)F)c(O)c1. The zero-order valence-electron chi connectivity index (χ0n) is 8.58. The first-order valence-electron chi connectivity index (χ1n) is 4.64. The van der Waals surface area contributed by atoms with Crippen molar-refractivity contribution >= 4 is 0 Å². The number of nitrogens with two attached hydrogens (primary N) is 1. The number of benzene rings is 1. The number of hydrogen-bond acceptors (Lipinski definition) is 3. The van der Waals surface area contributed by atoms with Gasteiger partial charge in [0.1, 0.15) is 17.5 Å². The van der Waals surface area contributed by atoms with E-state index in [1.54, 1.807) is 6.92 Å². The molecule has 0 spiro atoms. The van der Waals surface area contributed by atoms with Crippen molar-refractivity contribution in [2.24, 2.45) is 5.73 Å². The van der Waals surface area contributed by atoms with Gasteiger partial charge in [-0.05, 0) is 19.1 Å². The molecular formula is C10H12F3NO2. The maximum Gasteiger partial charge on any atom is 0.407 e. The Bertz CT molecular complexity index is 366. The summed E-state index contributed by atoms with van der Waals surface area (Å²) >= 11 is 0. The Morgan fingerprint density at radius 3 is 2.50 bits per heavy atom. The quantitative estimate of drug-likeness (QED) is 0.845. The van der Waals surface area contributed by atoms with Crippen molar-refractivity contribution in [3.05, 3.63) is 23.8 Å². The molecule has 0 unspecified atom stereocenters. The predicted octanol–water partition coefficient (Wildman–Crippen LogP) is 2.35. The molecule has 0 aliphatic carbocycles. The van der Waals surface area contributed by atoms with Crippen molar-refractivity contribution in [3.63, 3.8) is 0 Å². The Hall–Kier alpha value is -1.43. The second-order valence-electron chi connectivity index (χ2n) is 3.17. The van der Waals surface area contributed by atoms with Crippen LogP contribution in [0.4, 0.5) is 13.2 Å². The number of rotatable bonds is 3. The molecule has 0 saturated heterocycles. The third-order valence-corrected chi connectivity index (χ3v) is 2.00. The van der Waals surface area contributed by atoms with E-state index in [4.69, 9.17) is 10.5 Å². The fraction of sp³-hybridized carbons (Fsp3) is 0.400. The molecule has 6 heteroatoms. The highest BCUT2D eigenvalue weighted by atomic mass is 19.4. The lowest BCUT2D eigenvalue weighted by Gasteiger charge is -2.17. The van der Waals surface area contributed by atoms with Gasteiger partial charge >= 0.3 is 6.18 Å². The Balaban J connectivity index is 2.99. The Labute approximate surface area is 90.6 Å². The van der Waals surface area contributed by atoms with Crippen LogP contribution in [-0.4, -0.2) is 17.9 Å². The summed E-state index contributed by atoms with van der Waals surface area (Å²) < 4.78 is 41.9. The average Bonchev–Trinajstić information content (AvgIpc) is 2.16. The molecule has 0 heterocycles. The molecule has 0 fully saturated rings. The largest absolute Gasteiger partial charge is 0.507 e. The van der Waals surface area contributed by atoms with Crippen molar-refractivity contribution in [1.82, 2.24) is 0 Å². The first-order chi connectivity index (χ1) is 7.36. The molecule has 3 N–H and O–H groups in total. The van der Waals surface area contributed by atoms with E-state index in [0.717, 1.165) is 12.1 Å². The monoisotopic (exact) mass is 235 g/mol. The molecule has 0 bridgehead atoms. The summed E-state index contributed by atoms with van der Waals surface area (Å²) in [4.78, 5) is 0. The van der Waals surface area contributed by atoms with Crippen molar-refractivity contribution in [3.8, 4) is 11.5 Å². The summed E-state index contributed by atoms with van der Waals surface area (Å²) in [6.07, 6.45) is -4.58. The molecule has 0 saturated carbocycles. The normalized spacial score (nSPS) is 13.6. The molecule has 0 aliphatic rings. The van der Waals surface area contributed by atoms with Gasteiger partial charge in [-0.3, -0.25) is 0 Å². The highest BCUT2D eigenvalue weighted by Gasteiger charge is 2.39. The zero-order chi connectivity index (χ0) is 12.3. The van der Waals surface area contributed by atoms with E-state index in [1.807, 2.05) is 0 Å². The van der Waals surface area contributed by atoms with E-state index in [-0.39, 0.29) is 5.56 Å². The van der Waals surface area contributed by atoms with Crippen LogP contribution in [0.1, 0.15) is 18.5 Å². The van der Waals surface area contributed by atoms with Crippen LogP contribution in [0.2, 0.25) is 0 Å². The van der Waals surface area contributed by atoms with Gasteiger partial charge in [-0.1, -0.05) is 0 Å². The van der Waals surface area contributed by atoms with E-state index in [0.29, 0.717) is 12.4 Å². The van der Waals surface area contributed by atoms with Crippen molar-refractivity contribution < 1.29 is 23.0 Å². The van der Waals surface area contributed by atoms with Crippen molar-refractivity contribution in [2.75, 3.05) is 6.61 Å². The summed E-state index contributed by atoms with van der Waals surface area (Å²) in [5.41, 5.74) is 4.61. The van der Waals surface area contributed by atoms with Gasteiger partial charge in [0.2, 0.25) is 0 Å². The van der Waals surface area contributed by atoms with Gasteiger partial charge < -0.3 is 15.6 Å². The maximum atomic E-state index is 12.3. The number of halogens is 3. The van der Waals surface area contributed by atoms with Crippen molar-refractivity contribution in [1.29, 1.82) is 0 Å². The summed E-state index contributed by atoms with van der Waals surface area (Å²) in [5, 5.41) is 9.39. The van der Waals surface area contributed by atoms with Crippen LogP contribution in [0.15, 0.2) is 18.2 Å². The van der Waals surface area contributed by atoms with Gasteiger partial charge in [-0.2, -0.15) is 13.2 Å². The Morgan fingerprint density at radius 1 is 1.44 bits per heavy atom. The molecule has 3 nitrogen and oxygen atoms in total. The first kappa shape index (κ1) is 12.6. The minimum atomic E-state index is -4.58. The molecule has 0 amide bonds. The number of aromatic hydroxyl groups is 1. The summed E-state index contributed by atoms with van der Waals surface area (Å²) in [5.74, 6) is -0.214. The minimum absolute atomic E-state index is 0.304. The lowest BCUT2D eigenvalue weighted by molar-refractivity contribution is -0.149. The van der Waals surface area contributed by atoms with Crippen LogP contribution in [0.25, 0.3) is 0 Å². The fourth-order valence-corrected chi connectivity index (χ4v) is 1.22. The predicted molar refractivity (Wildman–Crippen MR) is 52.3 cm³/mol. The smallest absolute Gasteiger partial charge is 0.407 e. The molecule has 1 aromatic rings. The van der Waals surface area contributed by atoms with E-state index >= 15 is 0 Å². The van der Waals surface area contributed by atoms with Gasteiger partial charge in [0.05, 0.1) is 6.61 Å². The molecule has 0 radical (unpaired) electrons. The third-order valence-electron chi connectivity index (χ3n) is 2.00. The highest BCUT2D eigenvalue weighted by molar-refractivity contribution is 5.41. The van der Waals surface area contributed by atoms with Gasteiger partial charge in [0.15, 0.2) is 0 Å². The van der Waals surface area contributed by atoms with E-state index in [2.05, 4.69) is 0 Å². The van der Waals surface area contributed by atoms with Gasteiger partial charge in [0, 0.05) is 11.6 Å². The van der Waals surface area contributed by atoms with Gasteiger partial charge in [-0.25, -0.2) is 0 Å². The third kappa shape index (κ3) is 2.79. The summed E-state index contributed by atoms with van der Waals surface area (Å²) in [6, 6.07) is 1.37. The lowest BCUT2D eigenvalue weighted by atomic mass is 10.1.